The van der Waals surface area contributed by atoms with Crippen molar-refractivity contribution in [3.8, 4) is 5.69 Å². The molecule has 8 nitrogen and oxygen atoms in total. The molecule has 1 fully saturated rings. The van der Waals surface area contributed by atoms with E-state index in [1.807, 2.05) is 30.3 Å². The molecule has 1 aromatic heterocycles. The van der Waals surface area contributed by atoms with E-state index in [4.69, 9.17) is 0 Å². The summed E-state index contributed by atoms with van der Waals surface area (Å²) in [4.78, 5) is 24.4. The van der Waals surface area contributed by atoms with Crippen LogP contribution in [-0.2, 0) is 10.5 Å². The van der Waals surface area contributed by atoms with E-state index in [-0.39, 0.29) is 17.6 Å². The number of benzene rings is 2. The topological polar surface area (TPSA) is 102 Å². The van der Waals surface area contributed by atoms with E-state index < -0.39 is 0 Å². The fraction of sp³-hybridized carbons (Fsp3) is 0.250. The third-order valence-corrected chi connectivity index (χ3v) is 5.25. The molecule has 148 valence electrons. The average molecular weight is 408 g/mol. The summed E-state index contributed by atoms with van der Waals surface area (Å²) in [6.45, 7) is 0. The van der Waals surface area contributed by atoms with Crippen molar-refractivity contribution in [3.05, 3.63) is 66.0 Å². The zero-order valence-electron chi connectivity index (χ0n) is 15.6. The van der Waals surface area contributed by atoms with Crippen LogP contribution < -0.4 is 10.6 Å². The Bertz CT molecular complexity index is 1000. The summed E-state index contributed by atoms with van der Waals surface area (Å²) in [5.41, 5.74) is 2.02. The SMILES string of the molecule is O=C(CSCc1nnnn1-c1ccccc1)Nc1cccc(C(=O)NC2CC2)c1. The van der Waals surface area contributed by atoms with E-state index in [0.29, 0.717) is 28.9 Å². The molecule has 3 aromatic rings. The molecule has 2 aromatic carbocycles. The van der Waals surface area contributed by atoms with E-state index in [9.17, 15) is 9.59 Å². The van der Waals surface area contributed by atoms with E-state index in [0.717, 1.165) is 18.5 Å². The highest BCUT2D eigenvalue weighted by molar-refractivity contribution is 7.99. The molecule has 0 atom stereocenters. The standard InChI is InChI=1S/C20H20N6O2S/c27-19(21-16-6-4-5-14(11-16)20(28)22-15-9-10-15)13-29-12-18-23-24-25-26(18)17-7-2-1-3-8-17/h1-8,11,15H,9-10,12-13H2,(H,21,27)(H,22,28). The van der Waals surface area contributed by atoms with Crippen molar-refractivity contribution >= 4 is 29.3 Å². The van der Waals surface area contributed by atoms with Crippen molar-refractivity contribution in [2.24, 2.45) is 0 Å². The van der Waals surface area contributed by atoms with Crippen LogP contribution in [0.1, 0.15) is 29.0 Å². The lowest BCUT2D eigenvalue weighted by atomic mass is 10.2. The molecular formula is C20H20N6O2S. The summed E-state index contributed by atoms with van der Waals surface area (Å²) in [6, 6.07) is 16.9. The lowest BCUT2D eigenvalue weighted by molar-refractivity contribution is -0.113. The Morgan fingerprint density at radius 1 is 1.10 bits per heavy atom. The minimum absolute atomic E-state index is 0.106. The first-order valence-electron chi connectivity index (χ1n) is 9.30. The Morgan fingerprint density at radius 3 is 2.72 bits per heavy atom. The minimum Gasteiger partial charge on any atom is -0.349 e. The molecule has 4 rings (SSSR count). The number of amides is 2. The zero-order chi connectivity index (χ0) is 20.1. The number of thioether (sulfide) groups is 1. The highest BCUT2D eigenvalue weighted by Gasteiger charge is 2.23. The number of aromatic nitrogens is 4. The van der Waals surface area contributed by atoms with Crippen LogP contribution in [0.25, 0.3) is 5.69 Å². The van der Waals surface area contributed by atoms with Crippen molar-refractivity contribution in [2.75, 3.05) is 11.1 Å². The maximum atomic E-state index is 12.3. The summed E-state index contributed by atoms with van der Waals surface area (Å²) >= 11 is 1.42. The Balaban J connectivity index is 1.29. The summed E-state index contributed by atoms with van der Waals surface area (Å²) in [5.74, 6) is 1.17. The number of carbonyl (C=O) groups excluding carboxylic acids is 2. The number of rotatable bonds is 8. The van der Waals surface area contributed by atoms with Gasteiger partial charge in [0.15, 0.2) is 5.82 Å². The number of carbonyl (C=O) groups is 2. The van der Waals surface area contributed by atoms with Gasteiger partial charge >= 0.3 is 0 Å². The first-order chi connectivity index (χ1) is 14.2. The van der Waals surface area contributed by atoms with Crippen LogP contribution in [0.15, 0.2) is 54.6 Å². The summed E-state index contributed by atoms with van der Waals surface area (Å²) in [7, 11) is 0. The maximum absolute atomic E-state index is 12.3. The van der Waals surface area contributed by atoms with Gasteiger partial charge in [-0.05, 0) is 53.6 Å². The van der Waals surface area contributed by atoms with Gasteiger partial charge in [0.25, 0.3) is 5.91 Å². The Morgan fingerprint density at radius 2 is 1.93 bits per heavy atom. The Kier molecular flexibility index (Phi) is 5.85. The van der Waals surface area contributed by atoms with Crippen LogP contribution in [0, 0.1) is 0 Å². The van der Waals surface area contributed by atoms with Gasteiger partial charge in [0.1, 0.15) is 0 Å². The van der Waals surface area contributed by atoms with Gasteiger partial charge in [-0.15, -0.1) is 16.9 Å². The van der Waals surface area contributed by atoms with Crippen LogP contribution in [0.5, 0.6) is 0 Å². The van der Waals surface area contributed by atoms with Crippen molar-refractivity contribution in [1.29, 1.82) is 0 Å². The van der Waals surface area contributed by atoms with Gasteiger partial charge in [-0.1, -0.05) is 24.3 Å². The molecule has 0 unspecified atom stereocenters. The quantitative estimate of drug-likeness (QED) is 0.594. The molecule has 0 spiro atoms. The lowest BCUT2D eigenvalue weighted by Gasteiger charge is -2.08. The second-order valence-corrected chi connectivity index (χ2v) is 7.70. The first kappa shape index (κ1) is 19.1. The number of nitrogens with one attached hydrogen (secondary N) is 2. The lowest BCUT2D eigenvalue weighted by Crippen LogP contribution is -2.25. The van der Waals surface area contributed by atoms with Crippen LogP contribution in [0.4, 0.5) is 5.69 Å². The number of nitrogens with zero attached hydrogens (tertiary/aromatic N) is 4. The van der Waals surface area contributed by atoms with Crippen molar-refractivity contribution in [3.63, 3.8) is 0 Å². The maximum Gasteiger partial charge on any atom is 0.251 e. The third-order valence-electron chi connectivity index (χ3n) is 4.32. The van der Waals surface area contributed by atoms with Gasteiger partial charge in [0.2, 0.25) is 5.91 Å². The zero-order valence-corrected chi connectivity index (χ0v) is 16.4. The van der Waals surface area contributed by atoms with Gasteiger partial charge < -0.3 is 10.6 Å². The molecule has 1 aliphatic carbocycles. The highest BCUT2D eigenvalue weighted by Crippen LogP contribution is 2.20. The predicted octanol–water partition coefficient (Wildman–Crippen LogP) is 2.43. The molecule has 0 saturated heterocycles. The van der Waals surface area contributed by atoms with Gasteiger partial charge in [-0.25, -0.2) is 0 Å². The number of anilines is 1. The van der Waals surface area contributed by atoms with Crippen LogP contribution >= 0.6 is 11.8 Å². The summed E-state index contributed by atoms with van der Waals surface area (Å²) in [5, 5.41) is 17.5. The fourth-order valence-electron chi connectivity index (χ4n) is 2.73. The summed E-state index contributed by atoms with van der Waals surface area (Å²) in [6.07, 6.45) is 2.07. The summed E-state index contributed by atoms with van der Waals surface area (Å²) < 4.78 is 1.66. The molecule has 9 heteroatoms. The van der Waals surface area contributed by atoms with Crippen LogP contribution in [-0.4, -0.2) is 43.8 Å². The number of hydrogen-bond acceptors (Lipinski definition) is 6. The third kappa shape index (κ3) is 5.20. The van der Waals surface area contributed by atoms with E-state index in [2.05, 4.69) is 26.2 Å². The van der Waals surface area contributed by atoms with Crippen LogP contribution in [0.3, 0.4) is 0 Å². The molecule has 0 aliphatic heterocycles. The minimum atomic E-state index is -0.145. The smallest absolute Gasteiger partial charge is 0.251 e. The van der Waals surface area contributed by atoms with Crippen molar-refractivity contribution in [2.45, 2.75) is 24.6 Å². The molecule has 1 heterocycles. The average Bonchev–Trinajstić information content (AvgIpc) is 3.43. The van der Waals surface area contributed by atoms with E-state index >= 15 is 0 Å². The first-order valence-corrected chi connectivity index (χ1v) is 10.5. The predicted molar refractivity (Wildman–Crippen MR) is 111 cm³/mol. The number of tetrazole rings is 1. The van der Waals surface area contributed by atoms with E-state index in [1.165, 1.54) is 11.8 Å². The van der Waals surface area contributed by atoms with Gasteiger partial charge in [-0.2, -0.15) is 4.68 Å². The van der Waals surface area contributed by atoms with Crippen molar-refractivity contribution < 1.29 is 9.59 Å². The molecule has 0 radical (unpaired) electrons. The normalized spacial score (nSPS) is 13.1. The molecular weight excluding hydrogens is 388 g/mol. The van der Waals surface area contributed by atoms with Gasteiger partial charge in [0, 0.05) is 17.3 Å². The van der Waals surface area contributed by atoms with E-state index in [1.54, 1.807) is 28.9 Å². The second-order valence-electron chi connectivity index (χ2n) is 6.71. The van der Waals surface area contributed by atoms with Crippen LogP contribution in [0.2, 0.25) is 0 Å². The fourth-order valence-corrected chi connectivity index (χ4v) is 3.45. The number of hydrogen-bond donors (Lipinski definition) is 2. The molecule has 1 aliphatic rings. The molecule has 2 amide bonds. The van der Waals surface area contributed by atoms with Crippen molar-refractivity contribution in [1.82, 2.24) is 25.5 Å². The van der Waals surface area contributed by atoms with Gasteiger partial charge in [-0.3, -0.25) is 9.59 Å². The largest absolute Gasteiger partial charge is 0.349 e. The second kappa shape index (κ2) is 8.87. The Labute approximate surface area is 172 Å². The van der Waals surface area contributed by atoms with Gasteiger partial charge in [0.05, 0.1) is 17.2 Å². The highest BCUT2D eigenvalue weighted by atomic mass is 32.2. The molecule has 29 heavy (non-hydrogen) atoms. The monoisotopic (exact) mass is 408 g/mol. The molecule has 2 N–H and O–H groups in total. The number of para-hydroxylation sites is 1. The molecule has 1 saturated carbocycles. The molecule has 0 bridgehead atoms. The Hall–Kier alpha value is -3.20.